The van der Waals surface area contributed by atoms with Crippen LogP contribution < -0.4 is 0 Å². The fourth-order valence-corrected chi connectivity index (χ4v) is 5.48. The Morgan fingerprint density at radius 1 is 0.892 bits per heavy atom. The Kier molecular flexibility index (Phi) is 8.02. The van der Waals surface area contributed by atoms with Crippen LogP contribution in [0.3, 0.4) is 0 Å². The number of hydrogen-bond acceptors (Lipinski definition) is 4. The Balaban J connectivity index is 1.67. The number of hydrogen-bond donors (Lipinski definition) is 0. The van der Waals surface area contributed by atoms with Gasteiger partial charge in [-0.2, -0.15) is 0 Å². The van der Waals surface area contributed by atoms with Crippen LogP contribution >= 0.6 is 23.2 Å². The van der Waals surface area contributed by atoms with E-state index in [9.17, 15) is 18.0 Å². The number of carbonyl (C=O) groups excluding carboxylic acids is 2. The lowest BCUT2D eigenvalue weighted by molar-refractivity contribution is -0.117. The van der Waals surface area contributed by atoms with Crippen molar-refractivity contribution in [1.29, 1.82) is 0 Å². The quantitative estimate of drug-likeness (QED) is 0.222. The first-order valence-electron chi connectivity index (χ1n) is 11.7. The van der Waals surface area contributed by atoms with Gasteiger partial charge in [-0.3, -0.25) is 9.59 Å². The maximum absolute atomic E-state index is 13.6. The fraction of sp³-hybridized carbons (Fsp3) is 0.172. The molecule has 37 heavy (non-hydrogen) atoms. The van der Waals surface area contributed by atoms with Crippen molar-refractivity contribution in [2.45, 2.75) is 31.6 Å². The van der Waals surface area contributed by atoms with Crippen LogP contribution in [0, 0.1) is 6.92 Å². The van der Waals surface area contributed by atoms with Gasteiger partial charge in [-0.15, -0.1) is 0 Å². The number of carbonyl (C=O) groups is 2. The maximum atomic E-state index is 13.6. The summed E-state index contributed by atoms with van der Waals surface area (Å²) in [4.78, 5) is 26.9. The summed E-state index contributed by atoms with van der Waals surface area (Å²) in [5.41, 5.74) is 3.59. The smallest absolute Gasteiger partial charge is 0.211 e. The van der Waals surface area contributed by atoms with Crippen LogP contribution in [-0.4, -0.2) is 30.3 Å². The number of halogens is 2. The van der Waals surface area contributed by atoms with Gasteiger partial charge >= 0.3 is 0 Å². The van der Waals surface area contributed by atoms with Crippen LogP contribution in [0.1, 0.15) is 39.7 Å². The molecule has 8 heteroatoms. The van der Waals surface area contributed by atoms with Gasteiger partial charge in [0.05, 0.1) is 21.4 Å². The van der Waals surface area contributed by atoms with Gasteiger partial charge < -0.3 is 4.57 Å². The van der Waals surface area contributed by atoms with Gasteiger partial charge in [-0.25, -0.2) is 8.42 Å². The minimum absolute atomic E-state index is 0.0173. The highest BCUT2D eigenvalue weighted by Gasteiger charge is 2.24. The van der Waals surface area contributed by atoms with Gasteiger partial charge in [0.25, 0.3) is 0 Å². The van der Waals surface area contributed by atoms with Crippen LogP contribution in [0.5, 0.6) is 0 Å². The molecule has 0 spiro atoms. The number of rotatable bonds is 9. The van der Waals surface area contributed by atoms with Crippen molar-refractivity contribution in [3.63, 3.8) is 0 Å². The Labute approximate surface area is 226 Å². The molecule has 3 aromatic carbocycles. The van der Waals surface area contributed by atoms with Crippen molar-refractivity contribution < 1.29 is 18.0 Å². The molecule has 4 aromatic rings. The Bertz CT molecular complexity index is 1590. The molecule has 0 atom stereocenters. The minimum atomic E-state index is -3.30. The third-order valence-corrected chi connectivity index (χ3v) is 8.55. The molecular formula is C29H25Cl2NO4S. The lowest BCUT2D eigenvalue weighted by Crippen LogP contribution is -2.11. The Hall–Kier alpha value is -3.19. The van der Waals surface area contributed by atoms with E-state index in [1.807, 2.05) is 13.0 Å². The molecule has 0 fully saturated rings. The largest absolute Gasteiger partial charge is 0.313 e. The molecule has 0 radical (unpaired) electrons. The van der Waals surface area contributed by atoms with E-state index in [1.165, 1.54) is 12.1 Å². The number of nitrogens with zero attached hydrogens (tertiary/aromatic N) is 1. The summed E-state index contributed by atoms with van der Waals surface area (Å²) < 4.78 is 25.9. The van der Waals surface area contributed by atoms with Crippen molar-refractivity contribution in [1.82, 2.24) is 4.57 Å². The van der Waals surface area contributed by atoms with Crippen molar-refractivity contribution in [3.8, 4) is 5.69 Å². The maximum Gasteiger partial charge on any atom is 0.211 e. The van der Waals surface area contributed by atoms with Crippen molar-refractivity contribution in [2.24, 2.45) is 0 Å². The predicted molar refractivity (Wildman–Crippen MR) is 147 cm³/mol. The summed E-state index contributed by atoms with van der Waals surface area (Å²) >= 11 is 12.6. The second-order valence-electron chi connectivity index (χ2n) is 8.73. The standard InChI is InChI=1S/C29H25Cl2NO4S/c1-3-37(35,36)25-13-11-20(12-14-25)15-24(33)16-21-18-32(23-8-6-7-22(30)17-23)28(19(21)2)29(34)26-9-4-5-10-27(26)31/h4-14,17-18H,3,15-16H2,1-2H3. The van der Waals surface area contributed by atoms with E-state index in [0.29, 0.717) is 38.1 Å². The summed E-state index contributed by atoms with van der Waals surface area (Å²) in [6.07, 6.45) is 2.04. The lowest BCUT2D eigenvalue weighted by Gasteiger charge is -2.11. The lowest BCUT2D eigenvalue weighted by atomic mass is 9.99. The van der Waals surface area contributed by atoms with Crippen LogP contribution in [0.15, 0.2) is 83.9 Å². The van der Waals surface area contributed by atoms with Gasteiger partial charge in [-0.05, 0) is 66.1 Å². The molecule has 0 aliphatic rings. The molecular weight excluding hydrogens is 529 g/mol. The number of ketones is 2. The molecule has 4 rings (SSSR count). The van der Waals surface area contributed by atoms with Gasteiger partial charge in [0, 0.05) is 35.3 Å². The molecule has 0 saturated heterocycles. The van der Waals surface area contributed by atoms with E-state index < -0.39 is 9.84 Å². The molecule has 1 aromatic heterocycles. The summed E-state index contributed by atoms with van der Waals surface area (Å²) in [5, 5.41) is 0.864. The van der Waals surface area contributed by atoms with Crippen LogP contribution in [0.4, 0.5) is 0 Å². The summed E-state index contributed by atoms with van der Waals surface area (Å²) in [7, 11) is -3.30. The Morgan fingerprint density at radius 3 is 2.24 bits per heavy atom. The molecule has 0 unspecified atom stereocenters. The zero-order chi connectivity index (χ0) is 26.7. The monoisotopic (exact) mass is 553 g/mol. The van der Waals surface area contributed by atoms with Crippen LogP contribution in [0.25, 0.3) is 5.69 Å². The second kappa shape index (κ2) is 11.1. The first-order valence-corrected chi connectivity index (χ1v) is 14.1. The normalized spacial score (nSPS) is 11.5. The molecule has 0 N–H and O–H groups in total. The highest BCUT2D eigenvalue weighted by molar-refractivity contribution is 7.91. The van der Waals surface area contributed by atoms with Crippen molar-refractivity contribution in [2.75, 3.05) is 5.75 Å². The van der Waals surface area contributed by atoms with Gasteiger partial charge in [0.2, 0.25) is 5.78 Å². The third-order valence-electron chi connectivity index (χ3n) is 6.23. The van der Waals surface area contributed by atoms with Gasteiger partial charge in [0.15, 0.2) is 9.84 Å². The topological polar surface area (TPSA) is 73.2 Å². The van der Waals surface area contributed by atoms with E-state index in [2.05, 4.69) is 0 Å². The molecule has 0 amide bonds. The van der Waals surface area contributed by atoms with E-state index in [1.54, 1.807) is 72.3 Å². The number of aromatic nitrogens is 1. The SMILES string of the molecule is CCS(=O)(=O)c1ccc(CC(=O)Cc2cn(-c3cccc(Cl)c3)c(C(=O)c3ccccc3Cl)c2C)cc1. The zero-order valence-corrected chi connectivity index (χ0v) is 22.7. The third kappa shape index (κ3) is 5.87. The predicted octanol–water partition coefficient (Wildman–Crippen LogP) is 6.47. The van der Waals surface area contributed by atoms with Crippen LogP contribution in [-0.2, 0) is 27.5 Å². The molecule has 0 aliphatic heterocycles. The van der Waals surface area contributed by atoms with Gasteiger partial charge in [-0.1, -0.05) is 60.5 Å². The van der Waals surface area contributed by atoms with E-state index >= 15 is 0 Å². The average molecular weight is 554 g/mol. The molecule has 1 heterocycles. The number of benzene rings is 3. The van der Waals surface area contributed by atoms with Crippen molar-refractivity contribution >= 4 is 44.6 Å². The van der Waals surface area contributed by atoms with Crippen LogP contribution in [0.2, 0.25) is 10.0 Å². The fourth-order valence-electron chi connectivity index (χ4n) is 4.19. The number of Topliss-reactive ketones (excluding diaryl/α,β-unsaturated/α-hetero) is 1. The number of sulfone groups is 1. The van der Waals surface area contributed by atoms with E-state index in [4.69, 9.17) is 23.2 Å². The molecule has 0 aliphatic carbocycles. The second-order valence-corrected chi connectivity index (χ2v) is 11.8. The van der Waals surface area contributed by atoms with Gasteiger partial charge in [0.1, 0.15) is 5.78 Å². The molecule has 190 valence electrons. The first kappa shape index (κ1) is 26.9. The first-order chi connectivity index (χ1) is 17.6. The highest BCUT2D eigenvalue weighted by atomic mass is 35.5. The minimum Gasteiger partial charge on any atom is -0.313 e. The van der Waals surface area contributed by atoms with Crippen molar-refractivity contribution in [3.05, 3.63) is 117 Å². The average Bonchev–Trinajstić information content (AvgIpc) is 3.19. The summed E-state index contributed by atoms with van der Waals surface area (Å²) in [5.74, 6) is -0.299. The molecule has 0 bridgehead atoms. The van der Waals surface area contributed by atoms with E-state index in [0.717, 1.165) is 5.56 Å². The van der Waals surface area contributed by atoms with E-state index in [-0.39, 0.29) is 35.1 Å². The highest BCUT2D eigenvalue weighted by Crippen LogP contribution is 2.28. The molecule has 5 nitrogen and oxygen atoms in total. The molecule has 0 saturated carbocycles. The summed E-state index contributed by atoms with van der Waals surface area (Å²) in [6, 6.07) is 20.4. The summed E-state index contributed by atoms with van der Waals surface area (Å²) in [6.45, 7) is 3.41. The Morgan fingerprint density at radius 2 is 1.59 bits per heavy atom. The zero-order valence-electron chi connectivity index (χ0n) is 20.4.